The molecule has 1 heterocycles. The number of thioether (sulfide) groups is 1. The van der Waals surface area contributed by atoms with Crippen molar-refractivity contribution in [3.63, 3.8) is 0 Å². The lowest BCUT2D eigenvalue weighted by atomic mass is 9.92. The molecule has 0 spiro atoms. The van der Waals surface area contributed by atoms with Crippen molar-refractivity contribution in [2.24, 2.45) is 0 Å². The molecule has 0 fully saturated rings. The van der Waals surface area contributed by atoms with Crippen LogP contribution in [-0.2, 0) is 5.41 Å². The predicted octanol–water partition coefficient (Wildman–Crippen LogP) is 3.82. The van der Waals surface area contributed by atoms with E-state index in [1.54, 1.807) is 0 Å². The quantitative estimate of drug-likeness (QED) is 0.831. The third-order valence-corrected chi connectivity index (χ3v) is 4.06. The SMILES string of the molecule is CSCC(C)(C)c1ccn(-c2cccc(C)c2)n1. The maximum Gasteiger partial charge on any atom is 0.0693 e. The van der Waals surface area contributed by atoms with Gasteiger partial charge in [-0.2, -0.15) is 16.9 Å². The van der Waals surface area contributed by atoms with Gasteiger partial charge in [-0.15, -0.1) is 0 Å². The van der Waals surface area contributed by atoms with Crippen LogP contribution in [0.1, 0.15) is 25.1 Å². The summed E-state index contributed by atoms with van der Waals surface area (Å²) in [5.41, 5.74) is 3.65. The molecule has 0 atom stereocenters. The Labute approximate surface area is 113 Å². The van der Waals surface area contributed by atoms with Gasteiger partial charge in [-0.05, 0) is 36.9 Å². The molecule has 96 valence electrons. The van der Waals surface area contributed by atoms with Gasteiger partial charge in [0, 0.05) is 17.4 Å². The molecule has 0 aliphatic carbocycles. The lowest BCUT2D eigenvalue weighted by molar-refractivity contribution is 0.571. The number of hydrogen-bond donors (Lipinski definition) is 0. The molecule has 1 aromatic heterocycles. The van der Waals surface area contributed by atoms with Gasteiger partial charge >= 0.3 is 0 Å². The summed E-state index contributed by atoms with van der Waals surface area (Å²) >= 11 is 1.86. The molecular weight excluding hydrogens is 240 g/mol. The highest BCUT2D eigenvalue weighted by Gasteiger charge is 2.22. The van der Waals surface area contributed by atoms with Gasteiger partial charge in [0.1, 0.15) is 0 Å². The second-order valence-corrected chi connectivity index (χ2v) is 6.17. The molecular formula is C15H20N2S. The van der Waals surface area contributed by atoms with E-state index in [1.807, 2.05) is 22.6 Å². The molecule has 0 radical (unpaired) electrons. The monoisotopic (exact) mass is 260 g/mol. The third kappa shape index (κ3) is 2.78. The van der Waals surface area contributed by atoms with Crippen molar-refractivity contribution >= 4 is 11.8 Å². The topological polar surface area (TPSA) is 17.8 Å². The van der Waals surface area contributed by atoms with Crippen LogP contribution in [0.3, 0.4) is 0 Å². The van der Waals surface area contributed by atoms with Crippen LogP contribution < -0.4 is 0 Å². The van der Waals surface area contributed by atoms with Crippen LogP contribution in [0.4, 0.5) is 0 Å². The summed E-state index contributed by atoms with van der Waals surface area (Å²) in [7, 11) is 0. The molecule has 0 unspecified atom stereocenters. The van der Waals surface area contributed by atoms with Crippen LogP contribution >= 0.6 is 11.8 Å². The zero-order valence-corrected chi connectivity index (χ0v) is 12.3. The largest absolute Gasteiger partial charge is 0.241 e. The van der Waals surface area contributed by atoms with E-state index in [4.69, 9.17) is 5.10 Å². The Morgan fingerprint density at radius 1 is 1.28 bits per heavy atom. The number of aryl methyl sites for hydroxylation is 1. The van der Waals surface area contributed by atoms with Crippen LogP contribution in [0.2, 0.25) is 0 Å². The Bertz CT molecular complexity index is 529. The number of rotatable bonds is 4. The summed E-state index contributed by atoms with van der Waals surface area (Å²) in [6.45, 7) is 6.59. The molecule has 1 aromatic carbocycles. The van der Waals surface area contributed by atoms with E-state index < -0.39 is 0 Å². The van der Waals surface area contributed by atoms with Gasteiger partial charge in [0.15, 0.2) is 0 Å². The van der Waals surface area contributed by atoms with Gasteiger partial charge in [0.25, 0.3) is 0 Å². The summed E-state index contributed by atoms with van der Waals surface area (Å²) in [4.78, 5) is 0. The van der Waals surface area contributed by atoms with Gasteiger partial charge in [0.05, 0.1) is 11.4 Å². The third-order valence-electron chi connectivity index (χ3n) is 3.05. The molecule has 2 nitrogen and oxygen atoms in total. The smallest absolute Gasteiger partial charge is 0.0693 e. The summed E-state index contributed by atoms with van der Waals surface area (Å²) in [6, 6.07) is 10.5. The first-order valence-electron chi connectivity index (χ1n) is 6.15. The van der Waals surface area contributed by atoms with E-state index in [9.17, 15) is 0 Å². The standard InChI is InChI=1S/C15H20N2S/c1-12-6-5-7-13(10-12)17-9-8-14(16-17)15(2,3)11-18-4/h5-10H,11H2,1-4H3. The zero-order chi connectivity index (χ0) is 13.2. The number of hydrogen-bond acceptors (Lipinski definition) is 2. The molecule has 2 aromatic rings. The summed E-state index contributed by atoms with van der Waals surface area (Å²) < 4.78 is 1.96. The average molecular weight is 260 g/mol. The first-order chi connectivity index (χ1) is 8.53. The van der Waals surface area contributed by atoms with E-state index in [0.717, 1.165) is 17.1 Å². The van der Waals surface area contributed by atoms with E-state index in [-0.39, 0.29) is 5.41 Å². The second kappa shape index (κ2) is 5.19. The predicted molar refractivity (Wildman–Crippen MR) is 79.7 cm³/mol. The van der Waals surface area contributed by atoms with E-state index in [2.05, 4.69) is 57.4 Å². The van der Waals surface area contributed by atoms with Crippen molar-refractivity contribution < 1.29 is 0 Å². The Morgan fingerprint density at radius 2 is 2.06 bits per heavy atom. The van der Waals surface area contributed by atoms with Gasteiger partial charge in [-0.25, -0.2) is 4.68 Å². The second-order valence-electron chi connectivity index (χ2n) is 5.30. The van der Waals surface area contributed by atoms with Crippen molar-refractivity contribution in [2.45, 2.75) is 26.2 Å². The van der Waals surface area contributed by atoms with Crippen LogP contribution in [0.5, 0.6) is 0 Å². The van der Waals surface area contributed by atoms with Crippen LogP contribution in [0.15, 0.2) is 36.5 Å². The lowest BCUT2D eigenvalue weighted by Crippen LogP contribution is -2.21. The molecule has 2 rings (SSSR count). The molecule has 0 aliphatic rings. The van der Waals surface area contributed by atoms with E-state index in [1.165, 1.54) is 5.56 Å². The minimum absolute atomic E-state index is 0.120. The van der Waals surface area contributed by atoms with E-state index >= 15 is 0 Å². The van der Waals surface area contributed by atoms with Crippen molar-refractivity contribution in [3.05, 3.63) is 47.8 Å². The molecule has 0 bridgehead atoms. The highest BCUT2D eigenvalue weighted by Crippen LogP contribution is 2.25. The Balaban J connectivity index is 2.31. The van der Waals surface area contributed by atoms with Crippen molar-refractivity contribution in [3.8, 4) is 5.69 Å². The van der Waals surface area contributed by atoms with Gasteiger partial charge in [0.2, 0.25) is 0 Å². The highest BCUT2D eigenvalue weighted by atomic mass is 32.2. The maximum absolute atomic E-state index is 4.72. The van der Waals surface area contributed by atoms with Gasteiger partial charge in [-0.3, -0.25) is 0 Å². The average Bonchev–Trinajstić information content (AvgIpc) is 2.78. The minimum atomic E-state index is 0.120. The van der Waals surface area contributed by atoms with Crippen molar-refractivity contribution in [1.29, 1.82) is 0 Å². The number of aromatic nitrogens is 2. The number of benzene rings is 1. The Kier molecular flexibility index (Phi) is 3.81. The molecule has 0 saturated carbocycles. The maximum atomic E-state index is 4.72. The Hall–Kier alpha value is -1.22. The molecule has 3 heteroatoms. The zero-order valence-electron chi connectivity index (χ0n) is 11.5. The fraction of sp³-hybridized carbons (Fsp3) is 0.400. The lowest BCUT2D eigenvalue weighted by Gasteiger charge is -2.20. The van der Waals surface area contributed by atoms with Crippen molar-refractivity contribution in [2.75, 3.05) is 12.0 Å². The van der Waals surface area contributed by atoms with E-state index in [0.29, 0.717) is 0 Å². The molecule has 18 heavy (non-hydrogen) atoms. The minimum Gasteiger partial charge on any atom is -0.241 e. The van der Waals surface area contributed by atoms with Crippen molar-refractivity contribution in [1.82, 2.24) is 9.78 Å². The fourth-order valence-electron chi connectivity index (χ4n) is 2.03. The van der Waals surface area contributed by atoms with Crippen LogP contribution in [-0.4, -0.2) is 21.8 Å². The molecule has 0 saturated heterocycles. The van der Waals surface area contributed by atoms with Crippen LogP contribution in [0, 0.1) is 6.92 Å². The summed E-state index contributed by atoms with van der Waals surface area (Å²) in [5.74, 6) is 1.08. The normalized spacial score (nSPS) is 11.8. The number of nitrogens with zero attached hydrogens (tertiary/aromatic N) is 2. The van der Waals surface area contributed by atoms with Gasteiger partial charge < -0.3 is 0 Å². The first-order valence-corrected chi connectivity index (χ1v) is 7.54. The highest BCUT2D eigenvalue weighted by molar-refractivity contribution is 7.98. The van der Waals surface area contributed by atoms with Crippen LogP contribution in [0.25, 0.3) is 5.69 Å². The first kappa shape index (κ1) is 13.2. The molecule has 0 amide bonds. The fourth-order valence-corrected chi connectivity index (χ4v) is 2.90. The van der Waals surface area contributed by atoms with Gasteiger partial charge in [-0.1, -0.05) is 26.0 Å². The summed E-state index contributed by atoms with van der Waals surface area (Å²) in [6.07, 6.45) is 4.19. The summed E-state index contributed by atoms with van der Waals surface area (Å²) in [5, 5.41) is 4.72. The Morgan fingerprint density at radius 3 is 2.72 bits per heavy atom. The molecule has 0 aliphatic heterocycles. The molecule has 0 N–H and O–H groups in total.